The Hall–Kier alpha value is -2.08. The Balaban J connectivity index is 1.94. The van der Waals surface area contributed by atoms with E-state index in [1.165, 1.54) is 23.1 Å². The van der Waals surface area contributed by atoms with Gasteiger partial charge in [-0.1, -0.05) is 24.2 Å². The lowest BCUT2D eigenvalue weighted by molar-refractivity contribution is -0.117. The topological polar surface area (TPSA) is 61.4 Å². The number of likely N-dealkylation sites (tertiary alicyclic amines) is 1. The summed E-state index contributed by atoms with van der Waals surface area (Å²) in [6.07, 6.45) is 1.83. The van der Waals surface area contributed by atoms with Crippen molar-refractivity contribution in [3.8, 4) is 0 Å². The van der Waals surface area contributed by atoms with Gasteiger partial charge in [-0.15, -0.1) is 0 Å². The van der Waals surface area contributed by atoms with Crippen molar-refractivity contribution in [1.29, 1.82) is 0 Å². The number of hydrogen-bond acceptors (Lipinski definition) is 2. The summed E-state index contributed by atoms with van der Waals surface area (Å²) in [5.74, 6) is -0.939. The van der Waals surface area contributed by atoms with E-state index in [0.29, 0.717) is 19.5 Å². The molecule has 1 saturated heterocycles. The van der Waals surface area contributed by atoms with Crippen molar-refractivity contribution in [2.24, 2.45) is 0 Å². The molecular formula is C14H15ClFN3O2. The Morgan fingerprint density at radius 1 is 1.48 bits per heavy atom. The van der Waals surface area contributed by atoms with Gasteiger partial charge in [0.05, 0.1) is 10.7 Å². The number of rotatable bonds is 3. The van der Waals surface area contributed by atoms with Crippen LogP contribution >= 0.6 is 11.6 Å². The van der Waals surface area contributed by atoms with Crippen LogP contribution in [0.2, 0.25) is 5.02 Å². The van der Waals surface area contributed by atoms with Gasteiger partial charge in [0.2, 0.25) is 5.91 Å². The van der Waals surface area contributed by atoms with Gasteiger partial charge in [0, 0.05) is 19.1 Å². The van der Waals surface area contributed by atoms with Crippen LogP contribution in [0.1, 0.15) is 6.42 Å². The van der Waals surface area contributed by atoms with Crippen molar-refractivity contribution in [2.45, 2.75) is 12.5 Å². The quantitative estimate of drug-likeness (QED) is 0.842. The molecule has 3 amide bonds. The van der Waals surface area contributed by atoms with Gasteiger partial charge in [0.15, 0.2) is 5.82 Å². The minimum Gasteiger partial charge on any atom is -0.348 e. The molecule has 0 saturated carbocycles. The molecule has 1 aromatic rings. The van der Waals surface area contributed by atoms with E-state index in [9.17, 15) is 14.0 Å². The number of carbonyl (C=O) groups excluding carboxylic acids is 2. The van der Waals surface area contributed by atoms with E-state index in [-0.39, 0.29) is 22.7 Å². The average molecular weight is 312 g/mol. The predicted molar refractivity (Wildman–Crippen MR) is 78.7 cm³/mol. The molecule has 0 unspecified atom stereocenters. The third kappa shape index (κ3) is 3.72. The Bertz CT molecular complexity index is 579. The molecule has 2 rings (SSSR count). The molecular weight excluding hydrogens is 297 g/mol. The summed E-state index contributed by atoms with van der Waals surface area (Å²) in [4.78, 5) is 24.8. The lowest BCUT2D eigenvalue weighted by Crippen LogP contribution is -2.39. The number of nitrogens with one attached hydrogen (secondary N) is 2. The number of carbonyl (C=O) groups is 2. The summed E-state index contributed by atoms with van der Waals surface area (Å²) >= 11 is 5.66. The molecule has 1 fully saturated rings. The summed E-state index contributed by atoms with van der Waals surface area (Å²) in [7, 11) is 0. The van der Waals surface area contributed by atoms with E-state index >= 15 is 0 Å². The van der Waals surface area contributed by atoms with E-state index in [2.05, 4.69) is 17.2 Å². The maximum absolute atomic E-state index is 13.7. The second-order valence-electron chi connectivity index (χ2n) is 4.68. The second kappa shape index (κ2) is 6.58. The highest BCUT2D eigenvalue weighted by atomic mass is 35.5. The molecule has 0 aromatic heterocycles. The van der Waals surface area contributed by atoms with Crippen LogP contribution in [0.4, 0.5) is 14.9 Å². The number of benzene rings is 1. The minimum atomic E-state index is -0.664. The van der Waals surface area contributed by atoms with Crippen molar-refractivity contribution in [3.05, 3.63) is 41.7 Å². The Morgan fingerprint density at radius 2 is 2.24 bits per heavy atom. The molecule has 0 aliphatic carbocycles. The smallest absolute Gasteiger partial charge is 0.321 e. The van der Waals surface area contributed by atoms with Gasteiger partial charge in [0.25, 0.3) is 0 Å². The highest BCUT2D eigenvalue weighted by Gasteiger charge is 2.27. The molecule has 0 bridgehead atoms. The van der Waals surface area contributed by atoms with Crippen molar-refractivity contribution in [1.82, 2.24) is 10.2 Å². The zero-order valence-electron chi connectivity index (χ0n) is 11.2. The van der Waals surface area contributed by atoms with Crippen LogP contribution < -0.4 is 10.6 Å². The van der Waals surface area contributed by atoms with Crippen molar-refractivity contribution in [3.63, 3.8) is 0 Å². The van der Waals surface area contributed by atoms with E-state index in [1.807, 2.05) is 0 Å². The number of urea groups is 1. The van der Waals surface area contributed by atoms with Gasteiger partial charge in [0.1, 0.15) is 0 Å². The molecule has 1 aliphatic rings. The highest BCUT2D eigenvalue weighted by Crippen LogP contribution is 2.22. The number of hydrogen-bond donors (Lipinski definition) is 2. The normalized spacial score (nSPS) is 17.4. The number of amides is 3. The average Bonchev–Trinajstić information content (AvgIpc) is 2.92. The first-order chi connectivity index (χ1) is 10.0. The molecule has 7 heteroatoms. The van der Waals surface area contributed by atoms with Crippen LogP contribution in [0.3, 0.4) is 0 Å². The third-order valence-electron chi connectivity index (χ3n) is 3.20. The molecule has 112 valence electrons. The van der Waals surface area contributed by atoms with Crippen LogP contribution in [0.15, 0.2) is 30.9 Å². The molecule has 1 atom stereocenters. The van der Waals surface area contributed by atoms with Crippen LogP contribution in [0.5, 0.6) is 0 Å². The molecule has 21 heavy (non-hydrogen) atoms. The van der Waals surface area contributed by atoms with Crippen molar-refractivity contribution >= 4 is 29.2 Å². The molecule has 0 spiro atoms. The minimum absolute atomic E-state index is 0.0334. The second-order valence-corrected chi connectivity index (χ2v) is 5.08. The first-order valence-corrected chi connectivity index (χ1v) is 6.82. The van der Waals surface area contributed by atoms with E-state index < -0.39 is 11.8 Å². The summed E-state index contributed by atoms with van der Waals surface area (Å²) in [6, 6.07) is 3.85. The fourth-order valence-corrected chi connectivity index (χ4v) is 2.29. The molecule has 1 aliphatic heterocycles. The Morgan fingerprint density at radius 3 is 2.95 bits per heavy atom. The van der Waals surface area contributed by atoms with E-state index in [1.54, 1.807) is 6.07 Å². The van der Waals surface area contributed by atoms with Gasteiger partial charge in [-0.25, -0.2) is 9.18 Å². The molecule has 0 radical (unpaired) electrons. The number of halogens is 2. The SMILES string of the molecule is C=CC(=O)N[C@H]1CCN(C(=O)Nc2cccc(Cl)c2F)C1. The third-order valence-corrected chi connectivity index (χ3v) is 3.49. The monoisotopic (exact) mass is 311 g/mol. The molecule has 5 nitrogen and oxygen atoms in total. The van der Waals surface area contributed by atoms with Gasteiger partial charge >= 0.3 is 6.03 Å². The van der Waals surface area contributed by atoms with Crippen molar-refractivity contribution < 1.29 is 14.0 Å². The maximum Gasteiger partial charge on any atom is 0.321 e. The largest absolute Gasteiger partial charge is 0.348 e. The first-order valence-electron chi connectivity index (χ1n) is 6.44. The fourth-order valence-electron chi connectivity index (χ4n) is 2.12. The lowest BCUT2D eigenvalue weighted by Gasteiger charge is -2.18. The van der Waals surface area contributed by atoms with Gasteiger partial charge in [-0.2, -0.15) is 0 Å². The molecule has 1 heterocycles. The summed E-state index contributed by atoms with van der Waals surface area (Å²) in [5.41, 5.74) is 0.0334. The maximum atomic E-state index is 13.7. The van der Waals surface area contributed by atoms with Crippen LogP contribution in [-0.2, 0) is 4.79 Å². The summed E-state index contributed by atoms with van der Waals surface area (Å²) < 4.78 is 13.7. The Kier molecular flexibility index (Phi) is 4.80. The summed E-state index contributed by atoms with van der Waals surface area (Å²) in [6.45, 7) is 4.22. The zero-order chi connectivity index (χ0) is 15.4. The van der Waals surface area contributed by atoms with Crippen LogP contribution in [-0.4, -0.2) is 36.0 Å². The standard InChI is InChI=1S/C14H15ClFN3O2/c1-2-12(20)17-9-6-7-19(8-9)14(21)18-11-5-3-4-10(15)13(11)16/h2-5,9H,1,6-8H2,(H,17,20)(H,18,21)/t9-/m0/s1. The van der Waals surface area contributed by atoms with Gasteiger partial charge < -0.3 is 15.5 Å². The predicted octanol–water partition coefficient (Wildman–Crippen LogP) is 2.39. The van der Waals surface area contributed by atoms with Crippen molar-refractivity contribution in [2.75, 3.05) is 18.4 Å². The van der Waals surface area contributed by atoms with Gasteiger partial charge in [-0.05, 0) is 24.6 Å². The first kappa shape index (κ1) is 15.3. The lowest BCUT2D eigenvalue weighted by atomic mass is 10.2. The van der Waals surface area contributed by atoms with Crippen LogP contribution in [0, 0.1) is 5.82 Å². The van der Waals surface area contributed by atoms with E-state index in [0.717, 1.165) is 0 Å². The Labute approximate surface area is 126 Å². The highest BCUT2D eigenvalue weighted by molar-refractivity contribution is 6.31. The summed E-state index contributed by atoms with van der Waals surface area (Å²) in [5, 5.41) is 5.15. The van der Waals surface area contributed by atoms with E-state index in [4.69, 9.17) is 11.6 Å². The number of anilines is 1. The molecule has 2 N–H and O–H groups in total. The number of nitrogens with zero attached hydrogens (tertiary/aromatic N) is 1. The fraction of sp³-hybridized carbons (Fsp3) is 0.286. The molecule has 1 aromatic carbocycles. The zero-order valence-corrected chi connectivity index (χ0v) is 12.0. The van der Waals surface area contributed by atoms with Crippen LogP contribution in [0.25, 0.3) is 0 Å². The van der Waals surface area contributed by atoms with Gasteiger partial charge in [-0.3, -0.25) is 4.79 Å².